The summed E-state index contributed by atoms with van der Waals surface area (Å²) in [7, 11) is 0. The average molecular weight is 304 g/mol. The summed E-state index contributed by atoms with van der Waals surface area (Å²) < 4.78 is 5.07. The van der Waals surface area contributed by atoms with Crippen LogP contribution in [0.15, 0.2) is 0 Å². The van der Waals surface area contributed by atoms with Gasteiger partial charge in [-0.05, 0) is 44.4 Å². The molecular formula is C15H26ClNO3. The minimum atomic E-state index is -0.301. The Hall–Kier alpha value is -0.770. The van der Waals surface area contributed by atoms with Crippen molar-refractivity contribution in [3.63, 3.8) is 0 Å². The van der Waals surface area contributed by atoms with E-state index in [4.69, 9.17) is 16.3 Å². The minimum absolute atomic E-state index is 0.0292. The number of ether oxygens (including phenoxy) is 1. The molecule has 20 heavy (non-hydrogen) atoms. The highest BCUT2D eigenvalue weighted by molar-refractivity contribution is 6.27. The number of hydrogen-bond acceptors (Lipinski definition) is 3. The van der Waals surface area contributed by atoms with Crippen molar-refractivity contribution in [3.05, 3.63) is 0 Å². The largest absolute Gasteiger partial charge is 0.466 e. The molecule has 1 aliphatic rings. The molecule has 0 heterocycles. The number of alkyl halides is 1. The van der Waals surface area contributed by atoms with E-state index in [1.165, 1.54) is 0 Å². The van der Waals surface area contributed by atoms with Crippen LogP contribution >= 0.6 is 11.6 Å². The van der Waals surface area contributed by atoms with Gasteiger partial charge in [0.05, 0.1) is 13.0 Å². The summed E-state index contributed by atoms with van der Waals surface area (Å²) in [6.07, 6.45) is 3.05. The fraction of sp³-hybridized carbons (Fsp3) is 0.867. The summed E-state index contributed by atoms with van der Waals surface area (Å²) in [5.74, 6) is 0.110. The molecule has 0 aromatic heterocycles. The number of amides is 1. The lowest BCUT2D eigenvalue weighted by Gasteiger charge is -2.47. The molecule has 0 aliphatic heterocycles. The summed E-state index contributed by atoms with van der Waals surface area (Å²) in [6, 6.07) is 0. The Kier molecular flexibility index (Phi) is 5.87. The standard InChI is InChI=1S/C15H26ClNO3/c1-5-20-13(19)8-14(3)6-11(2)7-15(4,10-14)17-12(18)9-16/h11H,5-10H2,1-4H3,(H,17,18)/t11-,14-,15+/m0/s1. The van der Waals surface area contributed by atoms with Crippen LogP contribution in [0.1, 0.15) is 53.4 Å². The van der Waals surface area contributed by atoms with Crippen LogP contribution in [0.25, 0.3) is 0 Å². The van der Waals surface area contributed by atoms with Gasteiger partial charge >= 0.3 is 5.97 Å². The van der Waals surface area contributed by atoms with E-state index in [2.05, 4.69) is 19.2 Å². The highest BCUT2D eigenvalue weighted by Crippen LogP contribution is 2.46. The van der Waals surface area contributed by atoms with Crippen molar-refractivity contribution in [2.24, 2.45) is 11.3 Å². The number of carbonyl (C=O) groups is 2. The lowest BCUT2D eigenvalue weighted by Crippen LogP contribution is -2.53. The molecule has 1 N–H and O–H groups in total. The van der Waals surface area contributed by atoms with Gasteiger partial charge in [-0.1, -0.05) is 13.8 Å². The topological polar surface area (TPSA) is 55.4 Å². The highest BCUT2D eigenvalue weighted by Gasteiger charge is 2.44. The average Bonchev–Trinajstić information content (AvgIpc) is 2.25. The molecule has 1 amide bonds. The molecule has 0 radical (unpaired) electrons. The van der Waals surface area contributed by atoms with Gasteiger partial charge in [-0.15, -0.1) is 11.6 Å². The molecule has 116 valence electrons. The van der Waals surface area contributed by atoms with Gasteiger partial charge in [0.15, 0.2) is 0 Å². The van der Waals surface area contributed by atoms with Gasteiger partial charge in [-0.3, -0.25) is 9.59 Å². The molecule has 0 saturated heterocycles. The lowest BCUT2D eigenvalue weighted by molar-refractivity contribution is -0.147. The summed E-state index contributed by atoms with van der Waals surface area (Å²) in [5.41, 5.74) is -0.441. The second-order valence-corrected chi connectivity index (χ2v) is 6.99. The third-order valence-electron chi connectivity index (χ3n) is 3.90. The summed E-state index contributed by atoms with van der Waals surface area (Å²) in [6.45, 7) is 8.52. The van der Waals surface area contributed by atoms with E-state index in [-0.39, 0.29) is 28.7 Å². The molecule has 3 atom stereocenters. The Labute approximate surface area is 126 Å². The fourth-order valence-corrected chi connectivity index (χ4v) is 4.00. The van der Waals surface area contributed by atoms with Crippen LogP contribution in [0.2, 0.25) is 0 Å². The Morgan fingerprint density at radius 1 is 1.35 bits per heavy atom. The monoisotopic (exact) mass is 303 g/mol. The second kappa shape index (κ2) is 6.79. The molecule has 5 heteroatoms. The van der Waals surface area contributed by atoms with Crippen LogP contribution in [0.3, 0.4) is 0 Å². The molecule has 1 fully saturated rings. The Morgan fingerprint density at radius 3 is 2.55 bits per heavy atom. The van der Waals surface area contributed by atoms with Gasteiger partial charge in [0.25, 0.3) is 0 Å². The van der Waals surface area contributed by atoms with Crippen molar-refractivity contribution in [2.75, 3.05) is 12.5 Å². The van der Waals surface area contributed by atoms with Crippen molar-refractivity contribution in [3.8, 4) is 0 Å². The van der Waals surface area contributed by atoms with Gasteiger partial charge in [0.1, 0.15) is 5.88 Å². The molecule has 0 bridgehead atoms. The summed E-state index contributed by atoms with van der Waals surface area (Å²) in [5, 5.41) is 3.01. The van der Waals surface area contributed by atoms with Gasteiger partial charge in [0.2, 0.25) is 5.91 Å². The van der Waals surface area contributed by atoms with Crippen molar-refractivity contribution in [1.29, 1.82) is 0 Å². The van der Waals surface area contributed by atoms with Crippen LogP contribution in [0.5, 0.6) is 0 Å². The van der Waals surface area contributed by atoms with Gasteiger partial charge in [-0.2, -0.15) is 0 Å². The van der Waals surface area contributed by atoms with E-state index >= 15 is 0 Å². The fourth-order valence-electron chi connectivity index (χ4n) is 3.93. The molecule has 0 spiro atoms. The van der Waals surface area contributed by atoms with Crippen molar-refractivity contribution in [2.45, 2.75) is 58.9 Å². The zero-order chi connectivity index (χ0) is 15.4. The predicted octanol–water partition coefficient (Wildman–Crippen LogP) is 2.88. The number of carbonyl (C=O) groups excluding carboxylic acids is 2. The van der Waals surface area contributed by atoms with Crippen LogP contribution in [0.4, 0.5) is 0 Å². The van der Waals surface area contributed by atoms with E-state index in [1.807, 2.05) is 13.8 Å². The smallest absolute Gasteiger partial charge is 0.306 e. The maximum Gasteiger partial charge on any atom is 0.306 e. The maximum atomic E-state index is 11.8. The van der Waals surface area contributed by atoms with Gasteiger partial charge < -0.3 is 10.1 Å². The molecule has 1 aliphatic carbocycles. The van der Waals surface area contributed by atoms with Crippen molar-refractivity contribution in [1.82, 2.24) is 5.32 Å². The number of nitrogens with one attached hydrogen (secondary N) is 1. The SMILES string of the molecule is CCOC(=O)C[C@]1(C)C[C@H](C)C[C@@](C)(NC(=O)CCl)C1. The normalized spacial score (nSPS) is 33.5. The Balaban J connectivity index is 2.78. The molecule has 1 saturated carbocycles. The third-order valence-corrected chi connectivity index (χ3v) is 4.14. The zero-order valence-corrected chi connectivity index (χ0v) is 13.7. The molecule has 0 aromatic carbocycles. The number of halogens is 1. The number of hydrogen-bond donors (Lipinski definition) is 1. The predicted molar refractivity (Wildman–Crippen MR) is 79.6 cm³/mol. The number of rotatable bonds is 5. The first-order valence-corrected chi connectivity index (χ1v) is 7.78. The Bertz CT molecular complexity index is 374. The van der Waals surface area contributed by atoms with Crippen LogP contribution in [-0.2, 0) is 14.3 Å². The lowest BCUT2D eigenvalue weighted by atomic mass is 9.62. The molecule has 1 rings (SSSR count). The molecule has 4 nitrogen and oxygen atoms in total. The zero-order valence-electron chi connectivity index (χ0n) is 12.9. The van der Waals surface area contributed by atoms with E-state index in [9.17, 15) is 9.59 Å². The van der Waals surface area contributed by atoms with E-state index in [1.54, 1.807) is 0 Å². The van der Waals surface area contributed by atoms with Gasteiger partial charge in [-0.25, -0.2) is 0 Å². The van der Waals surface area contributed by atoms with Gasteiger partial charge in [0, 0.05) is 5.54 Å². The molecular weight excluding hydrogens is 278 g/mol. The van der Waals surface area contributed by atoms with Crippen molar-refractivity contribution < 1.29 is 14.3 Å². The second-order valence-electron chi connectivity index (χ2n) is 6.73. The summed E-state index contributed by atoms with van der Waals surface area (Å²) >= 11 is 5.58. The highest BCUT2D eigenvalue weighted by atomic mass is 35.5. The van der Waals surface area contributed by atoms with E-state index < -0.39 is 0 Å². The molecule has 0 unspecified atom stereocenters. The minimum Gasteiger partial charge on any atom is -0.466 e. The van der Waals surface area contributed by atoms with E-state index in [0.29, 0.717) is 18.9 Å². The molecule has 0 aromatic rings. The first-order chi connectivity index (χ1) is 9.22. The van der Waals surface area contributed by atoms with Crippen LogP contribution < -0.4 is 5.32 Å². The first-order valence-electron chi connectivity index (χ1n) is 7.24. The number of esters is 1. The van der Waals surface area contributed by atoms with Crippen LogP contribution in [0, 0.1) is 11.3 Å². The summed E-state index contributed by atoms with van der Waals surface area (Å²) in [4.78, 5) is 23.4. The van der Waals surface area contributed by atoms with Crippen LogP contribution in [-0.4, -0.2) is 29.9 Å². The Morgan fingerprint density at radius 2 is 2.00 bits per heavy atom. The van der Waals surface area contributed by atoms with Crippen molar-refractivity contribution >= 4 is 23.5 Å². The third kappa shape index (κ3) is 4.97. The van der Waals surface area contributed by atoms with E-state index in [0.717, 1.165) is 19.3 Å². The first kappa shape index (κ1) is 17.3. The quantitative estimate of drug-likeness (QED) is 0.627. The maximum absolute atomic E-state index is 11.8.